The summed E-state index contributed by atoms with van der Waals surface area (Å²) in [7, 11) is 1.78. The Morgan fingerprint density at radius 1 is 1.25 bits per heavy atom. The highest BCUT2D eigenvalue weighted by atomic mass is 19.1. The highest BCUT2D eigenvalue weighted by Gasteiger charge is 2.24. The maximum Gasteiger partial charge on any atom is 0.236 e. The largest absolute Gasteiger partial charge is 0.353 e. The number of aromatic nitrogens is 1. The molecular formula is C21H24FN5O. The Kier molecular flexibility index (Phi) is 6.22. The van der Waals surface area contributed by atoms with Crippen LogP contribution in [0.2, 0.25) is 0 Å². The van der Waals surface area contributed by atoms with Gasteiger partial charge in [0.05, 0.1) is 18.2 Å². The number of pyridine rings is 1. The van der Waals surface area contributed by atoms with Gasteiger partial charge < -0.3 is 9.80 Å². The van der Waals surface area contributed by atoms with Gasteiger partial charge in [0.25, 0.3) is 0 Å². The maximum atomic E-state index is 13.1. The second-order valence-corrected chi connectivity index (χ2v) is 6.98. The molecule has 0 bridgehead atoms. The first-order chi connectivity index (χ1) is 13.5. The van der Waals surface area contributed by atoms with Gasteiger partial charge in [-0.2, -0.15) is 5.26 Å². The van der Waals surface area contributed by atoms with Gasteiger partial charge >= 0.3 is 0 Å². The number of carbonyl (C=O) groups excluding carboxylic acids is 1. The molecule has 6 nitrogen and oxygen atoms in total. The van der Waals surface area contributed by atoms with E-state index in [1.807, 2.05) is 6.92 Å². The summed E-state index contributed by atoms with van der Waals surface area (Å²) in [6.07, 6.45) is 1.69. The number of anilines is 1. The minimum atomic E-state index is -0.282. The summed E-state index contributed by atoms with van der Waals surface area (Å²) in [4.78, 5) is 22.9. The number of likely N-dealkylation sites (N-methyl/N-ethyl adjacent to an activating group) is 1. The van der Waals surface area contributed by atoms with Crippen LogP contribution in [0.15, 0.2) is 42.6 Å². The van der Waals surface area contributed by atoms with E-state index in [1.54, 1.807) is 42.4 Å². The van der Waals surface area contributed by atoms with Gasteiger partial charge in [0, 0.05) is 39.4 Å². The van der Waals surface area contributed by atoms with Crippen molar-refractivity contribution in [3.05, 3.63) is 59.5 Å². The number of nitrogens with zero attached hydrogens (tertiary/aromatic N) is 5. The average Bonchev–Trinajstić information content (AvgIpc) is 2.73. The Morgan fingerprint density at radius 2 is 1.93 bits per heavy atom. The molecule has 7 heteroatoms. The van der Waals surface area contributed by atoms with Crippen molar-refractivity contribution in [2.75, 3.05) is 44.7 Å². The summed E-state index contributed by atoms with van der Waals surface area (Å²) in [6, 6.07) is 11.8. The summed E-state index contributed by atoms with van der Waals surface area (Å²) >= 11 is 0. The van der Waals surface area contributed by atoms with Crippen LogP contribution in [0.1, 0.15) is 24.1 Å². The van der Waals surface area contributed by atoms with Crippen LogP contribution in [0, 0.1) is 17.1 Å². The first-order valence-electron chi connectivity index (χ1n) is 9.33. The molecule has 3 rings (SSSR count). The Balaban J connectivity index is 1.54. The number of nitriles is 1. The van der Waals surface area contributed by atoms with E-state index < -0.39 is 0 Å². The van der Waals surface area contributed by atoms with Crippen molar-refractivity contribution in [3.8, 4) is 6.07 Å². The Labute approximate surface area is 164 Å². The Hall–Kier alpha value is -2.98. The van der Waals surface area contributed by atoms with Crippen molar-refractivity contribution < 1.29 is 9.18 Å². The number of piperazine rings is 1. The minimum absolute atomic E-state index is 0.0285. The zero-order valence-electron chi connectivity index (χ0n) is 16.2. The molecule has 1 saturated heterocycles. The predicted molar refractivity (Wildman–Crippen MR) is 105 cm³/mol. The molecule has 28 heavy (non-hydrogen) atoms. The average molecular weight is 381 g/mol. The van der Waals surface area contributed by atoms with Crippen molar-refractivity contribution in [3.63, 3.8) is 0 Å². The lowest BCUT2D eigenvalue weighted by Crippen LogP contribution is -2.50. The van der Waals surface area contributed by atoms with Gasteiger partial charge in [0.2, 0.25) is 5.91 Å². The standard InChI is InChI=1S/C21H24FN5O/c1-16(17-5-7-19(22)8-6-17)25(2)20(28)15-26-10-12-27(13-11-26)21-18(14-23)4-3-9-24-21/h3-9,16H,10-13,15H2,1-2H3. The van der Waals surface area contributed by atoms with Crippen molar-refractivity contribution in [2.45, 2.75) is 13.0 Å². The number of rotatable bonds is 5. The molecule has 0 aliphatic carbocycles. The van der Waals surface area contributed by atoms with Crippen molar-refractivity contribution in [1.29, 1.82) is 5.26 Å². The molecule has 1 aliphatic rings. The lowest BCUT2D eigenvalue weighted by atomic mass is 10.1. The summed E-state index contributed by atoms with van der Waals surface area (Å²) < 4.78 is 13.1. The molecule has 1 unspecified atom stereocenters. The van der Waals surface area contributed by atoms with Crippen molar-refractivity contribution >= 4 is 11.7 Å². The third-order valence-electron chi connectivity index (χ3n) is 5.26. The number of carbonyl (C=O) groups is 1. The number of benzene rings is 1. The monoisotopic (exact) mass is 381 g/mol. The fourth-order valence-corrected chi connectivity index (χ4v) is 3.34. The molecule has 1 fully saturated rings. The molecule has 146 valence electrons. The SMILES string of the molecule is CC(c1ccc(F)cc1)N(C)C(=O)CN1CCN(c2ncccc2C#N)CC1. The molecule has 2 heterocycles. The normalized spacial score (nSPS) is 15.7. The van der Waals surface area contributed by atoms with Crippen molar-refractivity contribution in [1.82, 2.24) is 14.8 Å². The molecule has 0 N–H and O–H groups in total. The second kappa shape index (κ2) is 8.81. The van der Waals surface area contributed by atoms with E-state index in [0.717, 1.165) is 31.7 Å². The predicted octanol–water partition coefficient (Wildman–Crippen LogP) is 2.43. The molecule has 1 aromatic heterocycles. The van der Waals surface area contributed by atoms with Crippen LogP contribution >= 0.6 is 0 Å². The third kappa shape index (κ3) is 4.46. The zero-order chi connectivity index (χ0) is 20.1. The van der Waals surface area contributed by atoms with Crippen molar-refractivity contribution in [2.24, 2.45) is 0 Å². The molecule has 1 aromatic carbocycles. The van der Waals surface area contributed by atoms with Crippen LogP contribution in [0.5, 0.6) is 0 Å². The molecule has 0 radical (unpaired) electrons. The quantitative estimate of drug-likeness (QED) is 0.796. The highest BCUT2D eigenvalue weighted by molar-refractivity contribution is 5.78. The van der Waals surface area contributed by atoms with E-state index in [1.165, 1.54) is 12.1 Å². The lowest BCUT2D eigenvalue weighted by Gasteiger charge is -2.36. The van der Waals surface area contributed by atoms with Crippen LogP contribution in [-0.4, -0.2) is 60.5 Å². The highest BCUT2D eigenvalue weighted by Crippen LogP contribution is 2.20. The smallest absolute Gasteiger partial charge is 0.236 e. The van der Waals surface area contributed by atoms with Crippen LogP contribution in [-0.2, 0) is 4.79 Å². The van der Waals surface area contributed by atoms with Gasteiger partial charge in [-0.1, -0.05) is 12.1 Å². The summed E-state index contributed by atoms with van der Waals surface area (Å²) in [5, 5.41) is 9.24. The van der Waals surface area contributed by atoms with E-state index in [0.29, 0.717) is 17.9 Å². The molecule has 1 amide bonds. The molecule has 1 aliphatic heterocycles. The first-order valence-corrected chi connectivity index (χ1v) is 9.33. The Bertz CT molecular complexity index is 856. The van der Waals surface area contributed by atoms with E-state index >= 15 is 0 Å². The van der Waals surface area contributed by atoms with Gasteiger partial charge in [0.15, 0.2) is 0 Å². The van der Waals surface area contributed by atoms with Gasteiger partial charge in [0.1, 0.15) is 17.7 Å². The van der Waals surface area contributed by atoms with Gasteiger partial charge in [-0.15, -0.1) is 0 Å². The maximum absolute atomic E-state index is 13.1. The molecule has 0 saturated carbocycles. The number of hydrogen-bond donors (Lipinski definition) is 0. The molecule has 1 atom stereocenters. The summed E-state index contributed by atoms with van der Waals surface area (Å²) in [5.74, 6) is 0.453. The molecule has 0 spiro atoms. The zero-order valence-corrected chi connectivity index (χ0v) is 16.2. The van der Waals surface area contributed by atoms with E-state index in [2.05, 4.69) is 20.9 Å². The van der Waals surface area contributed by atoms with Crippen LogP contribution in [0.4, 0.5) is 10.2 Å². The first kappa shape index (κ1) is 19.8. The van der Waals surface area contributed by atoms with Crippen LogP contribution in [0.3, 0.4) is 0 Å². The number of hydrogen-bond acceptors (Lipinski definition) is 5. The molecular weight excluding hydrogens is 357 g/mol. The summed E-state index contributed by atoms with van der Waals surface area (Å²) in [6.45, 7) is 5.17. The van der Waals surface area contributed by atoms with E-state index in [-0.39, 0.29) is 17.8 Å². The lowest BCUT2D eigenvalue weighted by molar-refractivity contribution is -0.133. The fourth-order valence-electron chi connectivity index (χ4n) is 3.34. The third-order valence-corrected chi connectivity index (χ3v) is 5.26. The topological polar surface area (TPSA) is 63.5 Å². The van der Waals surface area contributed by atoms with Crippen LogP contribution in [0.25, 0.3) is 0 Å². The second-order valence-electron chi connectivity index (χ2n) is 6.98. The van der Waals surface area contributed by atoms with E-state index in [9.17, 15) is 14.4 Å². The van der Waals surface area contributed by atoms with Gasteiger partial charge in [-0.25, -0.2) is 9.37 Å². The number of amides is 1. The van der Waals surface area contributed by atoms with E-state index in [4.69, 9.17) is 0 Å². The van der Waals surface area contributed by atoms with Gasteiger partial charge in [-0.05, 0) is 36.8 Å². The minimum Gasteiger partial charge on any atom is -0.353 e. The fraction of sp³-hybridized carbons (Fsp3) is 0.381. The Morgan fingerprint density at radius 3 is 2.57 bits per heavy atom. The molecule has 2 aromatic rings. The van der Waals surface area contributed by atoms with Gasteiger partial charge in [-0.3, -0.25) is 9.69 Å². The summed E-state index contributed by atoms with van der Waals surface area (Å²) in [5.41, 5.74) is 1.47. The van der Waals surface area contributed by atoms with Crippen LogP contribution < -0.4 is 4.90 Å². The number of halogens is 1.